The number of ether oxygens (including phenoxy) is 1. The summed E-state index contributed by atoms with van der Waals surface area (Å²) in [5.74, 6) is 0.628. The second kappa shape index (κ2) is 8.01. The molecule has 2 rings (SSSR count). The zero-order valence-electron chi connectivity index (χ0n) is 11.4. The van der Waals surface area contributed by atoms with E-state index in [1.807, 2.05) is 6.92 Å². The molecule has 0 aliphatic carbocycles. The van der Waals surface area contributed by atoms with Crippen molar-refractivity contribution < 1.29 is 4.74 Å². The maximum absolute atomic E-state index is 5.95. The summed E-state index contributed by atoms with van der Waals surface area (Å²) in [4.78, 5) is 12.3. The van der Waals surface area contributed by atoms with Gasteiger partial charge in [-0.2, -0.15) is 0 Å². The highest BCUT2D eigenvalue weighted by atomic mass is 127. The van der Waals surface area contributed by atoms with Gasteiger partial charge >= 0.3 is 0 Å². The van der Waals surface area contributed by atoms with Gasteiger partial charge in [0.2, 0.25) is 0 Å². The number of rotatable bonds is 3. The van der Waals surface area contributed by atoms with Gasteiger partial charge in [-0.05, 0) is 13.8 Å². The number of nitrogens with zero attached hydrogens (tertiary/aromatic N) is 3. The first kappa shape index (κ1) is 16.6. The van der Waals surface area contributed by atoms with Gasteiger partial charge in [0.15, 0.2) is 5.96 Å². The second-order valence-electron chi connectivity index (χ2n) is 4.34. The first-order valence-electron chi connectivity index (χ1n) is 6.22. The zero-order valence-corrected chi connectivity index (χ0v) is 14.5. The van der Waals surface area contributed by atoms with Crippen molar-refractivity contribution >= 4 is 41.3 Å². The first-order chi connectivity index (χ1) is 8.66. The average Bonchev–Trinajstić information content (AvgIpc) is 2.69. The van der Waals surface area contributed by atoms with E-state index in [9.17, 15) is 0 Å². The van der Waals surface area contributed by atoms with Crippen LogP contribution >= 0.6 is 35.3 Å². The first-order valence-corrected chi connectivity index (χ1v) is 7.04. The number of morpholine rings is 1. The van der Waals surface area contributed by atoms with Crippen LogP contribution in [-0.2, 0) is 11.2 Å². The van der Waals surface area contributed by atoms with E-state index in [2.05, 4.69) is 21.8 Å². The molecule has 0 bridgehead atoms. The molecule has 7 heteroatoms. The molecule has 1 saturated heterocycles. The Bertz CT molecular complexity index is 410. The van der Waals surface area contributed by atoms with E-state index < -0.39 is 0 Å². The molecular formula is C12H21IN4OS. The molecule has 2 N–H and O–H groups in total. The molecule has 1 aliphatic rings. The van der Waals surface area contributed by atoms with Crippen LogP contribution in [0.25, 0.3) is 0 Å². The fraction of sp³-hybridized carbons (Fsp3) is 0.667. The van der Waals surface area contributed by atoms with Gasteiger partial charge in [-0.15, -0.1) is 35.3 Å². The Labute approximate surface area is 135 Å². The number of hydrogen-bond acceptors (Lipinski definition) is 4. The Morgan fingerprint density at radius 3 is 2.68 bits per heavy atom. The maximum atomic E-state index is 5.95. The number of halogens is 1. The van der Waals surface area contributed by atoms with Gasteiger partial charge in [-0.3, -0.25) is 4.99 Å². The van der Waals surface area contributed by atoms with Crippen molar-refractivity contribution in [2.24, 2.45) is 10.7 Å². The third-order valence-corrected chi connectivity index (χ3v) is 4.14. The SMILES string of the molecule is Cc1nc(CCN=C(N)N2CCOCC2)sc1C.I. The normalized spacial score (nSPS) is 16.3. The molecule has 108 valence electrons. The minimum Gasteiger partial charge on any atom is -0.378 e. The van der Waals surface area contributed by atoms with E-state index in [0.717, 1.165) is 43.4 Å². The number of thiazole rings is 1. The Balaban J connectivity index is 0.00000180. The molecule has 1 aromatic rings. The summed E-state index contributed by atoms with van der Waals surface area (Å²) in [5, 5.41) is 1.14. The fourth-order valence-corrected chi connectivity index (χ4v) is 2.73. The van der Waals surface area contributed by atoms with E-state index in [4.69, 9.17) is 10.5 Å². The van der Waals surface area contributed by atoms with Crippen LogP contribution < -0.4 is 5.73 Å². The number of guanidine groups is 1. The van der Waals surface area contributed by atoms with Crippen molar-refractivity contribution in [1.82, 2.24) is 9.88 Å². The summed E-state index contributed by atoms with van der Waals surface area (Å²) in [7, 11) is 0. The lowest BCUT2D eigenvalue weighted by molar-refractivity contribution is 0.0674. The minimum absolute atomic E-state index is 0. The van der Waals surface area contributed by atoms with Gasteiger partial charge in [0.25, 0.3) is 0 Å². The van der Waals surface area contributed by atoms with Gasteiger partial charge in [0.1, 0.15) is 0 Å². The smallest absolute Gasteiger partial charge is 0.191 e. The Hall–Kier alpha value is -0.410. The van der Waals surface area contributed by atoms with Gasteiger partial charge in [-0.1, -0.05) is 0 Å². The summed E-state index contributed by atoms with van der Waals surface area (Å²) < 4.78 is 5.28. The molecule has 0 unspecified atom stereocenters. The highest BCUT2D eigenvalue weighted by Crippen LogP contribution is 2.16. The van der Waals surface area contributed by atoms with Crippen LogP contribution in [-0.4, -0.2) is 48.7 Å². The van der Waals surface area contributed by atoms with Crippen molar-refractivity contribution in [1.29, 1.82) is 0 Å². The van der Waals surface area contributed by atoms with Crippen molar-refractivity contribution in [3.05, 3.63) is 15.6 Å². The molecule has 0 radical (unpaired) electrons. The molecule has 19 heavy (non-hydrogen) atoms. The third kappa shape index (κ3) is 4.88. The molecule has 5 nitrogen and oxygen atoms in total. The van der Waals surface area contributed by atoms with Crippen molar-refractivity contribution in [2.75, 3.05) is 32.8 Å². The number of aromatic nitrogens is 1. The van der Waals surface area contributed by atoms with Crippen molar-refractivity contribution in [3.8, 4) is 0 Å². The van der Waals surface area contributed by atoms with Crippen molar-refractivity contribution in [3.63, 3.8) is 0 Å². The van der Waals surface area contributed by atoms with Gasteiger partial charge in [0, 0.05) is 30.9 Å². The average molecular weight is 396 g/mol. The van der Waals surface area contributed by atoms with Crippen LogP contribution in [0.5, 0.6) is 0 Å². The highest BCUT2D eigenvalue weighted by molar-refractivity contribution is 14.0. The lowest BCUT2D eigenvalue weighted by Gasteiger charge is -2.27. The molecule has 1 fully saturated rings. The monoisotopic (exact) mass is 396 g/mol. The Morgan fingerprint density at radius 1 is 1.42 bits per heavy atom. The maximum Gasteiger partial charge on any atom is 0.191 e. The van der Waals surface area contributed by atoms with Crippen molar-refractivity contribution in [2.45, 2.75) is 20.3 Å². The minimum atomic E-state index is 0. The zero-order chi connectivity index (χ0) is 13.0. The summed E-state index contributed by atoms with van der Waals surface area (Å²) in [6, 6.07) is 0. The summed E-state index contributed by atoms with van der Waals surface area (Å²) in [6.07, 6.45) is 0.865. The molecule has 1 aromatic heterocycles. The predicted molar refractivity (Wildman–Crippen MR) is 89.6 cm³/mol. The molecule has 0 aromatic carbocycles. The molecule has 2 heterocycles. The molecular weight excluding hydrogens is 375 g/mol. The highest BCUT2D eigenvalue weighted by Gasteiger charge is 2.11. The number of hydrogen-bond donors (Lipinski definition) is 1. The third-order valence-electron chi connectivity index (χ3n) is 3.01. The van der Waals surface area contributed by atoms with E-state index in [1.54, 1.807) is 11.3 Å². The molecule has 1 aliphatic heterocycles. The van der Waals surface area contributed by atoms with E-state index >= 15 is 0 Å². The number of aliphatic imine (C=N–C) groups is 1. The quantitative estimate of drug-likeness (QED) is 0.479. The lowest BCUT2D eigenvalue weighted by atomic mass is 10.4. The summed E-state index contributed by atoms with van der Waals surface area (Å²) in [6.45, 7) is 8.00. The molecule has 0 spiro atoms. The Morgan fingerprint density at radius 2 is 2.11 bits per heavy atom. The number of aryl methyl sites for hydroxylation is 2. The molecule has 0 amide bonds. The fourth-order valence-electron chi connectivity index (χ4n) is 1.80. The topological polar surface area (TPSA) is 63.7 Å². The van der Waals surface area contributed by atoms with Crippen LogP contribution in [0.4, 0.5) is 0 Å². The summed E-state index contributed by atoms with van der Waals surface area (Å²) in [5.41, 5.74) is 7.08. The van der Waals surface area contributed by atoms with Crippen LogP contribution in [0.15, 0.2) is 4.99 Å². The van der Waals surface area contributed by atoms with Gasteiger partial charge in [0.05, 0.1) is 23.9 Å². The number of nitrogens with two attached hydrogens (primary N) is 1. The second-order valence-corrected chi connectivity index (χ2v) is 5.63. The standard InChI is InChI=1S/C12H20N4OS.HI/c1-9-10(2)18-11(15-9)3-4-14-12(13)16-5-7-17-8-6-16;/h3-8H2,1-2H3,(H2,13,14);1H. The predicted octanol–water partition coefficient (Wildman–Crippen LogP) is 1.57. The molecule has 0 atom stereocenters. The van der Waals surface area contributed by atoms with Crippen LogP contribution in [0.3, 0.4) is 0 Å². The largest absolute Gasteiger partial charge is 0.378 e. The summed E-state index contributed by atoms with van der Waals surface area (Å²) >= 11 is 1.75. The molecule has 0 saturated carbocycles. The van der Waals surface area contributed by atoms with Crippen LogP contribution in [0, 0.1) is 13.8 Å². The van der Waals surface area contributed by atoms with Crippen LogP contribution in [0.1, 0.15) is 15.6 Å². The van der Waals surface area contributed by atoms with E-state index in [0.29, 0.717) is 12.5 Å². The lowest BCUT2D eigenvalue weighted by Crippen LogP contribution is -2.44. The van der Waals surface area contributed by atoms with E-state index in [-0.39, 0.29) is 24.0 Å². The Kier molecular flexibility index (Phi) is 7.01. The van der Waals surface area contributed by atoms with Gasteiger partial charge < -0.3 is 15.4 Å². The van der Waals surface area contributed by atoms with E-state index in [1.165, 1.54) is 4.88 Å². The van der Waals surface area contributed by atoms with Crippen LogP contribution in [0.2, 0.25) is 0 Å². The van der Waals surface area contributed by atoms with Gasteiger partial charge in [-0.25, -0.2) is 4.98 Å².